The molecule has 0 atom stereocenters. The molecule has 8 nitrogen and oxygen atoms in total. The first kappa shape index (κ1) is 19.3. The minimum Gasteiger partial charge on any atom is -0.384 e. The fourth-order valence-corrected chi connectivity index (χ4v) is 3.07. The van der Waals surface area contributed by atoms with Crippen LogP contribution in [0, 0.1) is 12.3 Å². The van der Waals surface area contributed by atoms with Gasteiger partial charge in [-0.2, -0.15) is 4.68 Å². The van der Waals surface area contributed by atoms with Crippen molar-refractivity contribution in [1.82, 2.24) is 25.5 Å². The number of anilines is 1. The summed E-state index contributed by atoms with van der Waals surface area (Å²) in [5.74, 6) is 0.684. The van der Waals surface area contributed by atoms with Gasteiger partial charge in [0.15, 0.2) is 5.82 Å². The lowest BCUT2D eigenvalue weighted by Gasteiger charge is -2.35. The SMILES string of the molecule is COCC1(C(=O)Nc2cccc(-n3nnnc3C)c2)CCNCC1.Cl. The number of nitrogens with one attached hydrogen (secondary N) is 2. The average Bonchev–Trinajstić information content (AvgIpc) is 3.02. The first-order valence-corrected chi connectivity index (χ1v) is 8.01. The highest BCUT2D eigenvalue weighted by Crippen LogP contribution is 2.31. The molecule has 0 radical (unpaired) electrons. The molecule has 3 rings (SSSR count). The Morgan fingerprint density at radius 1 is 1.40 bits per heavy atom. The van der Waals surface area contributed by atoms with Crippen LogP contribution in [0.2, 0.25) is 0 Å². The molecule has 2 heterocycles. The van der Waals surface area contributed by atoms with Crippen LogP contribution in [-0.4, -0.2) is 52.9 Å². The maximum Gasteiger partial charge on any atom is 0.233 e. The van der Waals surface area contributed by atoms with Gasteiger partial charge in [-0.1, -0.05) is 6.07 Å². The standard InChI is InChI=1S/C16H22N6O2.ClH/c1-12-19-20-21-22(12)14-5-3-4-13(10-14)18-15(23)16(11-24-2)6-8-17-9-7-16;/h3-5,10,17H,6-9,11H2,1-2H3,(H,18,23);1H. The lowest BCUT2D eigenvalue weighted by molar-refractivity contribution is -0.130. The number of hydrogen-bond acceptors (Lipinski definition) is 6. The third kappa shape index (κ3) is 4.15. The molecule has 1 saturated heterocycles. The number of aromatic nitrogens is 4. The Morgan fingerprint density at radius 3 is 2.80 bits per heavy atom. The van der Waals surface area contributed by atoms with Crippen molar-refractivity contribution in [3.8, 4) is 5.69 Å². The highest BCUT2D eigenvalue weighted by molar-refractivity contribution is 5.95. The fraction of sp³-hybridized carbons (Fsp3) is 0.500. The zero-order valence-electron chi connectivity index (χ0n) is 14.4. The number of rotatable bonds is 5. The molecule has 1 aromatic heterocycles. The lowest BCUT2D eigenvalue weighted by atomic mass is 9.78. The molecule has 0 unspecified atom stereocenters. The van der Waals surface area contributed by atoms with E-state index in [9.17, 15) is 4.79 Å². The van der Waals surface area contributed by atoms with Crippen LogP contribution in [-0.2, 0) is 9.53 Å². The molecule has 1 aromatic carbocycles. The monoisotopic (exact) mass is 366 g/mol. The molecule has 25 heavy (non-hydrogen) atoms. The normalized spacial score (nSPS) is 16.1. The summed E-state index contributed by atoms with van der Waals surface area (Å²) in [5.41, 5.74) is 1.04. The van der Waals surface area contributed by atoms with Crippen LogP contribution < -0.4 is 10.6 Å². The summed E-state index contributed by atoms with van der Waals surface area (Å²) < 4.78 is 6.95. The predicted octanol–water partition coefficient (Wildman–Crippen LogP) is 1.35. The minimum absolute atomic E-state index is 0. The van der Waals surface area contributed by atoms with Gasteiger partial charge in [-0.15, -0.1) is 17.5 Å². The summed E-state index contributed by atoms with van der Waals surface area (Å²) in [6.45, 7) is 3.89. The molecule has 1 aliphatic rings. The summed E-state index contributed by atoms with van der Waals surface area (Å²) in [7, 11) is 1.64. The van der Waals surface area contributed by atoms with Crippen LogP contribution in [0.25, 0.3) is 5.69 Å². The maximum absolute atomic E-state index is 12.9. The smallest absolute Gasteiger partial charge is 0.233 e. The number of carbonyl (C=O) groups is 1. The number of piperidine rings is 1. The third-order valence-corrected chi connectivity index (χ3v) is 4.44. The first-order valence-electron chi connectivity index (χ1n) is 8.01. The fourth-order valence-electron chi connectivity index (χ4n) is 3.07. The van der Waals surface area contributed by atoms with Gasteiger partial charge in [0.05, 0.1) is 17.7 Å². The summed E-state index contributed by atoms with van der Waals surface area (Å²) >= 11 is 0. The Morgan fingerprint density at radius 2 is 2.16 bits per heavy atom. The lowest BCUT2D eigenvalue weighted by Crippen LogP contribution is -2.47. The van der Waals surface area contributed by atoms with Crippen molar-refractivity contribution >= 4 is 24.0 Å². The molecule has 1 amide bonds. The molecular weight excluding hydrogens is 344 g/mol. The second-order valence-electron chi connectivity index (χ2n) is 6.11. The van der Waals surface area contributed by atoms with Crippen LogP contribution in [0.15, 0.2) is 24.3 Å². The van der Waals surface area contributed by atoms with Gasteiger partial charge in [0.1, 0.15) is 0 Å². The second kappa shape index (κ2) is 8.37. The van der Waals surface area contributed by atoms with Crippen LogP contribution in [0.4, 0.5) is 5.69 Å². The Bertz CT molecular complexity index is 709. The van der Waals surface area contributed by atoms with Crippen LogP contribution in [0.5, 0.6) is 0 Å². The molecular formula is C16H23ClN6O2. The molecule has 2 aromatic rings. The van der Waals surface area contributed by atoms with Gasteiger partial charge in [0, 0.05) is 12.8 Å². The Labute approximate surface area is 152 Å². The summed E-state index contributed by atoms with van der Waals surface area (Å²) in [5, 5.41) is 17.8. The molecule has 0 aliphatic carbocycles. The van der Waals surface area contributed by atoms with Crippen molar-refractivity contribution < 1.29 is 9.53 Å². The number of tetrazole rings is 1. The van der Waals surface area contributed by atoms with Crippen LogP contribution >= 0.6 is 12.4 Å². The van der Waals surface area contributed by atoms with Gasteiger partial charge >= 0.3 is 0 Å². The second-order valence-corrected chi connectivity index (χ2v) is 6.11. The van der Waals surface area contributed by atoms with Gasteiger partial charge in [-0.25, -0.2) is 0 Å². The topological polar surface area (TPSA) is 94.0 Å². The van der Waals surface area contributed by atoms with Crippen LogP contribution in [0.1, 0.15) is 18.7 Å². The molecule has 1 fully saturated rings. The number of benzene rings is 1. The average molecular weight is 367 g/mol. The highest BCUT2D eigenvalue weighted by atomic mass is 35.5. The molecule has 0 saturated carbocycles. The van der Waals surface area contributed by atoms with Crippen molar-refractivity contribution in [3.63, 3.8) is 0 Å². The number of amides is 1. The number of ether oxygens (including phenoxy) is 1. The molecule has 1 aliphatic heterocycles. The number of halogens is 1. The number of hydrogen-bond donors (Lipinski definition) is 2. The van der Waals surface area contributed by atoms with Gasteiger partial charge < -0.3 is 15.4 Å². The van der Waals surface area contributed by atoms with Crippen molar-refractivity contribution in [2.24, 2.45) is 5.41 Å². The molecule has 0 spiro atoms. The van der Waals surface area contributed by atoms with Crippen molar-refractivity contribution in [2.75, 3.05) is 32.1 Å². The van der Waals surface area contributed by atoms with E-state index in [-0.39, 0.29) is 18.3 Å². The van der Waals surface area contributed by atoms with E-state index in [0.717, 1.165) is 37.3 Å². The van der Waals surface area contributed by atoms with Crippen LogP contribution in [0.3, 0.4) is 0 Å². The number of nitrogens with zero attached hydrogens (tertiary/aromatic N) is 4. The largest absolute Gasteiger partial charge is 0.384 e. The maximum atomic E-state index is 12.9. The molecule has 136 valence electrons. The summed E-state index contributed by atoms with van der Waals surface area (Å²) in [4.78, 5) is 12.9. The van der Waals surface area contributed by atoms with Gasteiger partial charge in [-0.05, 0) is 61.5 Å². The molecule has 9 heteroatoms. The van der Waals surface area contributed by atoms with E-state index in [4.69, 9.17) is 4.74 Å². The van der Waals surface area contributed by atoms with E-state index in [2.05, 4.69) is 26.2 Å². The quantitative estimate of drug-likeness (QED) is 0.829. The van der Waals surface area contributed by atoms with E-state index in [1.165, 1.54) is 0 Å². The Balaban J connectivity index is 0.00000225. The third-order valence-electron chi connectivity index (χ3n) is 4.44. The predicted molar refractivity (Wildman–Crippen MR) is 96.2 cm³/mol. The van der Waals surface area contributed by atoms with E-state index in [0.29, 0.717) is 12.4 Å². The highest BCUT2D eigenvalue weighted by Gasteiger charge is 2.39. The van der Waals surface area contributed by atoms with E-state index >= 15 is 0 Å². The summed E-state index contributed by atoms with van der Waals surface area (Å²) in [6.07, 6.45) is 1.52. The Kier molecular flexibility index (Phi) is 6.46. The number of carbonyl (C=O) groups excluding carboxylic acids is 1. The minimum atomic E-state index is -0.485. The van der Waals surface area contributed by atoms with Gasteiger partial charge in [0.25, 0.3) is 0 Å². The van der Waals surface area contributed by atoms with Crippen molar-refractivity contribution in [3.05, 3.63) is 30.1 Å². The summed E-state index contributed by atoms with van der Waals surface area (Å²) in [6, 6.07) is 7.50. The van der Waals surface area contributed by atoms with E-state index in [1.54, 1.807) is 11.8 Å². The number of aryl methyl sites for hydroxylation is 1. The van der Waals surface area contributed by atoms with Gasteiger partial charge in [0.2, 0.25) is 5.91 Å². The Hall–Kier alpha value is -2.03. The first-order chi connectivity index (χ1) is 11.6. The van der Waals surface area contributed by atoms with Crippen molar-refractivity contribution in [1.29, 1.82) is 0 Å². The zero-order valence-corrected chi connectivity index (χ0v) is 15.2. The van der Waals surface area contributed by atoms with Gasteiger partial charge in [-0.3, -0.25) is 4.79 Å². The number of methoxy groups -OCH3 is 1. The van der Waals surface area contributed by atoms with Crippen molar-refractivity contribution in [2.45, 2.75) is 19.8 Å². The van der Waals surface area contributed by atoms with E-state index < -0.39 is 5.41 Å². The molecule has 2 N–H and O–H groups in total. The zero-order chi connectivity index (χ0) is 17.0. The molecule has 0 bridgehead atoms. The van der Waals surface area contributed by atoms with E-state index in [1.807, 2.05) is 31.2 Å².